The lowest BCUT2D eigenvalue weighted by molar-refractivity contribution is -0.144. The topological polar surface area (TPSA) is 99.6 Å². The van der Waals surface area contributed by atoms with E-state index in [0.29, 0.717) is 38.0 Å². The van der Waals surface area contributed by atoms with E-state index in [0.717, 1.165) is 69.7 Å². The van der Waals surface area contributed by atoms with Crippen molar-refractivity contribution < 1.29 is 29.0 Å². The summed E-state index contributed by atoms with van der Waals surface area (Å²) in [6, 6.07) is 14.7. The van der Waals surface area contributed by atoms with E-state index in [-0.39, 0.29) is 31.4 Å². The van der Waals surface area contributed by atoms with Crippen molar-refractivity contribution in [2.24, 2.45) is 0 Å². The monoisotopic (exact) mass is 621 g/mol. The highest BCUT2D eigenvalue weighted by Gasteiger charge is 2.26. The summed E-state index contributed by atoms with van der Waals surface area (Å²) in [6.07, 6.45) is 6.25. The summed E-state index contributed by atoms with van der Waals surface area (Å²) in [6.45, 7) is 5.76. The van der Waals surface area contributed by atoms with Crippen molar-refractivity contribution in [2.45, 2.75) is 64.2 Å². The first-order valence-corrected chi connectivity index (χ1v) is 16.7. The summed E-state index contributed by atoms with van der Waals surface area (Å²) in [5.74, 6) is -0.499. The predicted octanol–water partition coefficient (Wildman–Crippen LogP) is 6.09. The number of aryl methyl sites for hydroxylation is 1. The molecule has 1 fully saturated rings. The number of carbonyl (C=O) groups is 3. The number of aliphatic carboxylic acids is 1. The van der Waals surface area contributed by atoms with Gasteiger partial charge >= 0.3 is 11.9 Å². The van der Waals surface area contributed by atoms with Crippen LogP contribution in [-0.2, 0) is 25.5 Å². The zero-order valence-electron chi connectivity index (χ0n) is 25.4. The Morgan fingerprint density at radius 3 is 2.50 bits per heavy atom. The summed E-state index contributed by atoms with van der Waals surface area (Å²) >= 11 is 1.80. The minimum Gasteiger partial charge on any atom is -0.494 e. The highest BCUT2D eigenvalue weighted by Crippen LogP contribution is 2.33. The third kappa shape index (κ3) is 8.72. The van der Waals surface area contributed by atoms with E-state index in [1.165, 1.54) is 20.7 Å². The number of amides is 1. The van der Waals surface area contributed by atoms with Gasteiger partial charge in [0.25, 0.3) is 0 Å². The fourth-order valence-electron chi connectivity index (χ4n) is 5.95. The largest absolute Gasteiger partial charge is 0.494 e. The zero-order valence-corrected chi connectivity index (χ0v) is 26.2. The van der Waals surface area contributed by atoms with Crippen LogP contribution in [-0.4, -0.2) is 73.9 Å². The maximum atomic E-state index is 12.7. The van der Waals surface area contributed by atoms with Gasteiger partial charge in [-0.3, -0.25) is 24.2 Å². The van der Waals surface area contributed by atoms with Gasteiger partial charge in [0.15, 0.2) is 6.73 Å². The minimum atomic E-state index is -0.798. The smallest absolute Gasteiger partial charge is 0.307 e. The molecule has 0 unspecified atom stereocenters. The van der Waals surface area contributed by atoms with Crippen molar-refractivity contribution in [3.63, 3.8) is 0 Å². The number of carboxylic acids is 1. The van der Waals surface area contributed by atoms with E-state index in [1.807, 2.05) is 18.2 Å². The molecule has 0 radical (unpaired) electrons. The number of esters is 1. The molecule has 0 bridgehead atoms. The zero-order chi connectivity index (χ0) is 30.7. The highest BCUT2D eigenvalue weighted by atomic mass is 32.1. The molecule has 3 aromatic rings. The molecule has 1 N–H and O–H groups in total. The fourth-order valence-corrected chi connectivity index (χ4v) is 6.76. The SMILES string of the molecule is O=C(O)CCCCCCC(=O)OCN1C(=O)CCc2ccc(OCCCCN3CCN(c4cccc5sccc45)CC3)cc21. The van der Waals surface area contributed by atoms with Gasteiger partial charge in [-0.2, -0.15) is 0 Å². The van der Waals surface area contributed by atoms with Crippen LogP contribution in [0.1, 0.15) is 63.4 Å². The van der Waals surface area contributed by atoms with Gasteiger partial charge in [-0.05, 0) is 73.9 Å². The maximum Gasteiger partial charge on any atom is 0.307 e. The van der Waals surface area contributed by atoms with E-state index in [4.69, 9.17) is 14.6 Å². The minimum absolute atomic E-state index is 0.0665. The van der Waals surface area contributed by atoms with Crippen LogP contribution in [0.5, 0.6) is 5.75 Å². The van der Waals surface area contributed by atoms with Crippen LogP contribution in [0.2, 0.25) is 0 Å². The Bertz CT molecular complexity index is 1420. The number of benzene rings is 2. The summed E-state index contributed by atoms with van der Waals surface area (Å²) in [7, 11) is 0. The number of hydrogen-bond acceptors (Lipinski definition) is 8. The number of hydrogen-bond donors (Lipinski definition) is 1. The molecule has 9 nitrogen and oxygen atoms in total. The van der Waals surface area contributed by atoms with E-state index in [1.54, 1.807) is 11.3 Å². The molecule has 2 aromatic carbocycles. The molecular formula is C34H43N3O6S. The molecule has 2 aliphatic heterocycles. The summed E-state index contributed by atoms with van der Waals surface area (Å²) in [5, 5.41) is 12.2. The lowest BCUT2D eigenvalue weighted by Gasteiger charge is -2.36. The van der Waals surface area contributed by atoms with Crippen molar-refractivity contribution in [3.05, 3.63) is 53.4 Å². The Hall–Kier alpha value is -3.63. The molecule has 44 heavy (non-hydrogen) atoms. The number of rotatable bonds is 16. The van der Waals surface area contributed by atoms with Crippen molar-refractivity contribution >= 4 is 50.6 Å². The van der Waals surface area contributed by atoms with Crippen LogP contribution in [0.15, 0.2) is 47.8 Å². The number of carboxylic acid groups (broad SMARTS) is 1. The van der Waals surface area contributed by atoms with Crippen molar-refractivity contribution in [1.29, 1.82) is 0 Å². The van der Waals surface area contributed by atoms with E-state index in [9.17, 15) is 14.4 Å². The highest BCUT2D eigenvalue weighted by molar-refractivity contribution is 7.17. The number of carbonyl (C=O) groups excluding carboxylic acids is 2. The fraction of sp³-hybridized carbons (Fsp3) is 0.500. The van der Waals surface area contributed by atoms with Crippen LogP contribution >= 0.6 is 11.3 Å². The average Bonchev–Trinajstić information content (AvgIpc) is 3.52. The number of ether oxygens (including phenoxy) is 2. The molecular weight excluding hydrogens is 578 g/mol. The van der Waals surface area contributed by atoms with Gasteiger partial charge < -0.3 is 19.5 Å². The molecule has 3 heterocycles. The number of fused-ring (bicyclic) bond motifs is 2. The van der Waals surface area contributed by atoms with Crippen molar-refractivity contribution in [3.8, 4) is 5.75 Å². The van der Waals surface area contributed by atoms with Gasteiger partial charge in [0.1, 0.15) is 5.75 Å². The third-order valence-corrected chi connectivity index (χ3v) is 9.34. The van der Waals surface area contributed by atoms with Crippen LogP contribution in [0.4, 0.5) is 11.4 Å². The number of piperazine rings is 1. The standard InChI is InChI=1S/C34H43N3O6S/c38-32-15-13-26-12-14-27(24-30(26)37(32)25-43-34(41)11-4-2-1-3-10-33(39)40)42-22-6-5-17-35-18-20-36(21-19-35)29-8-7-9-31-28(29)16-23-44-31/h7-9,12,14,16,23-24H,1-6,10-11,13,15,17-22,25H2,(H,39,40). The second-order valence-electron chi connectivity index (χ2n) is 11.6. The maximum absolute atomic E-state index is 12.7. The van der Waals surface area contributed by atoms with Crippen LogP contribution < -0.4 is 14.5 Å². The van der Waals surface area contributed by atoms with Gasteiger partial charge in [0.05, 0.1) is 12.3 Å². The van der Waals surface area contributed by atoms with Gasteiger partial charge in [-0.15, -0.1) is 11.3 Å². The summed E-state index contributed by atoms with van der Waals surface area (Å²) in [4.78, 5) is 42.1. The van der Waals surface area contributed by atoms with Crippen molar-refractivity contribution in [2.75, 3.05) is 55.9 Å². The third-order valence-electron chi connectivity index (χ3n) is 8.46. The number of anilines is 2. The Kier molecular flexibility index (Phi) is 11.5. The van der Waals surface area contributed by atoms with Gasteiger partial charge in [0, 0.05) is 67.3 Å². The molecule has 0 atom stereocenters. The van der Waals surface area contributed by atoms with Crippen LogP contribution in [0.3, 0.4) is 0 Å². The quantitative estimate of drug-likeness (QED) is 0.152. The Morgan fingerprint density at radius 2 is 1.68 bits per heavy atom. The lowest BCUT2D eigenvalue weighted by atomic mass is 10.0. The lowest BCUT2D eigenvalue weighted by Crippen LogP contribution is -2.46. The first-order chi connectivity index (χ1) is 21.5. The van der Waals surface area contributed by atoms with Crippen LogP contribution in [0.25, 0.3) is 10.1 Å². The molecule has 5 rings (SSSR count). The van der Waals surface area contributed by atoms with E-state index in [2.05, 4.69) is 39.4 Å². The second-order valence-corrected chi connectivity index (χ2v) is 12.5. The Balaban J connectivity index is 1.01. The number of nitrogens with zero attached hydrogens (tertiary/aromatic N) is 3. The molecule has 0 aliphatic carbocycles. The van der Waals surface area contributed by atoms with Gasteiger partial charge in [-0.1, -0.05) is 25.0 Å². The van der Waals surface area contributed by atoms with Gasteiger partial charge in [-0.25, -0.2) is 0 Å². The molecule has 1 aromatic heterocycles. The van der Waals surface area contributed by atoms with Crippen LogP contribution in [0, 0.1) is 0 Å². The molecule has 10 heteroatoms. The summed E-state index contributed by atoms with van der Waals surface area (Å²) < 4.78 is 12.9. The Labute approximate surface area is 263 Å². The van der Waals surface area contributed by atoms with E-state index >= 15 is 0 Å². The predicted molar refractivity (Wildman–Crippen MR) is 174 cm³/mol. The Morgan fingerprint density at radius 1 is 0.864 bits per heavy atom. The average molecular weight is 622 g/mol. The first-order valence-electron chi connectivity index (χ1n) is 15.8. The van der Waals surface area contributed by atoms with Crippen molar-refractivity contribution in [1.82, 2.24) is 4.90 Å². The molecule has 1 amide bonds. The molecule has 2 aliphatic rings. The molecule has 0 saturated carbocycles. The first kappa shape index (κ1) is 31.8. The normalized spacial score (nSPS) is 15.4. The van der Waals surface area contributed by atoms with E-state index < -0.39 is 5.97 Å². The molecule has 236 valence electrons. The molecule has 0 spiro atoms. The second kappa shape index (κ2) is 15.9. The number of thiophene rings is 1. The number of unbranched alkanes of at least 4 members (excludes halogenated alkanes) is 4. The molecule has 1 saturated heterocycles. The van der Waals surface area contributed by atoms with Gasteiger partial charge in [0.2, 0.25) is 5.91 Å². The summed E-state index contributed by atoms with van der Waals surface area (Å²) in [5.41, 5.74) is 3.14.